The number of hydrazine groups is 1. The van der Waals surface area contributed by atoms with Crippen LogP contribution in [0.5, 0.6) is 5.75 Å². The molecule has 0 unspecified atom stereocenters. The minimum Gasteiger partial charge on any atom is -1.00 e. The van der Waals surface area contributed by atoms with Crippen LogP contribution in [0, 0.1) is 0 Å². The molecule has 0 heterocycles. The van der Waals surface area contributed by atoms with Gasteiger partial charge in [-0.25, -0.2) is 0 Å². The van der Waals surface area contributed by atoms with Gasteiger partial charge in [0.15, 0.2) is 0 Å². The summed E-state index contributed by atoms with van der Waals surface area (Å²) in [6.45, 7) is 0. The van der Waals surface area contributed by atoms with Crippen molar-refractivity contribution in [3.8, 4) is 5.75 Å². The Bertz CT molecular complexity index is 203. The number of halogens is 1. The zero-order valence-electron chi connectivity index (χ0n) is 7.17. The largest absolute Gasteiger partial charge is 1.00 e. The highest BCUT2D eigenvalue weighted by Crippen LogP contribution is 2.14. The van der Waals surface area contributed by atoms with Gasteiger partial charge in [0.2, 0.25) is 0 Å². The van der Waals surface area contributed by atoms with Crippen molar-refractivity contribution in [3.05, 3.63) is 24.3 Å². The number of hydrogen-bond acceptors (Lipinski definition) is 3. The first kappa shape index (κ1) is 10.1. The van der Waals surface area contributed by atoms with E-state index >= 15 is 0 Å². The molecule has 62 valence electrons. The van der Waals surface area contributed by atoms with Crippen LogP contribution < -0.4 is 28.4 Å². The van der Waals surface area contributed by atoms with Crippen LogP contribution in [0.4, 0.5) is 5.69 Å². The standard InChI is InChI=1S/C7H10N2O.ClH/c1-10-7-4-2-3-6(5-7)9-8;/h2-5,9H,8H2,1H3;1H. The number of anilines is 1. The second-order valence-electron chi connectivity index (χ2n) is 1.88. The summed E-state index contributed by atoms with van der Waals surface area (Å²) in [5, 5.41) is 0. The molecule has 1 aromatic rings. The summed E-state index contributed by atoms with van der Waals surface area (Å²) in [5.41, 5.74) is 3.37. The first-order valence-electron chi connectivity index (χ1n) is 2.97. The van der Waals surface area contributed by atoms with Gasteiger partial charge in [0.1, 0.15) is 5.75 Å². The number of hydrogen-bond donors (Lipinski definition) is 2. The van der Waals surface area contributed by atoms with Crippen molar-refractivity contribution in [2.75, 3.05) is 12.5 Å². The van der Waals surface area contributed by atoms with E-state index in [2.05, 4.69) is 5.43 Å². The normalized spacial score (nSPS) is 8.18. The number of ether oxygens (including phenoxy) is 1. The van der Waals surface area contributed by atoms with Crippen LogP contribution >= 0.6 is 0 Å². The summed E-state index contributed by atoms with van der Waals surface area (Å²) in [5.74, 6) is 5.97. The predicted molar refractivity (Wildman–Crippen MR) is 41.9 cm³/mol. The third-order valence-corrected chi connectivity index (χ3v) is 1.24. The minimum absolute atomic E-state index is 0. The first-order valence-corrected chi connectivity index (χ1v) is 2.97. The lowest BCUT2D eigenvalue weighted by atomic mass is 10.3. The van der Waals surface area contributed by atoms with Gasteiger partial charge in [0.05, 0.1) is 12.8 Å². The van der Waals surface area contributed by atoms with Crippen molar-refractivity contribution < 1.29 is 18.6 Å². The maximum atomic E-state index is 5.17. The summed E-state index contributed by atoms with van der Waals surface area (Å²) in [6.07, 6.45) is 0. The maximum absolute atomic E-state index is 5.17. The fourth-order valence-electron chi connectivity index (χ4n) is 0.713. The van der Waals surface area contributed by atoms with Crippen LogP contribution in [0.3, 0.4) is 0 Å². The number of methoxy groups -OCH3 is 1. The van der Waals surface area contributed by atoms with Crippen LogP contribution in [-0.2, 0) is 0 Å². The van der Waals surface area contributed by atoms with Gasteiger partial charge in [-0.15, -0.1) is 0 Å². The van der Waals surface area contributed by atoms with Gasteiger partial charge < -0.3 is 22.6 Å². The van der Waals surface area contributed by atoms with Crippen molar-refractivity contribution in [2.45, 2.75) is 0 Å². The first-order chi connectivity index (χ1) is 4.86. The molecular formula is C7H11ClN2O. The Morgan fingerprint density at radius 1 is 1.55 bits per heavy atom. The molecule has 0 aliphatic heterocycles. The Hall–Kier alpha value is -0.930. The molecule has 0 radical (unpaired) electrons. The summed E-state index contributed by atoms with van der Waals surface area (Å²) in [6, 6.07) is 7.41. The average molecular weight is 175 g/mol. The number of nitrogens with one attached hydrogen (secondary N) is 1. The van der Waals surface area contributed by atoms with E-state index in [0.29, 0.717) is 0 Å². The average Bonchev–Trinajstić information content (AvgIpc) is 2.05. The van der Waals surface area contributed by atoms with E-state index in [1.807, 2.05) is 24.3 Å². The lowest BCUT2D eigenvalue weighted by Gasteiger charge is -2.01. The quantitative estimate of drug-likeness (QED) is 0.407. The molecule has 4 heteroatoms. The molecule has 1 rings (SSSR count). The number of rotatable bonds is 2. The molecule has 0 amide bonds. The fourth-order valence-corrected chi connectivity index (χ4v) is 0.713. The van der Waals surface area contributed by atoms with Gasteiger partial charge in [-0.3, -0.25) is 5.84 Å². The molecule has 3 N–H and O–H groups in total. The van der Waals surface area contributed by atoms with E-state index in [1.54, 1.807) is 7.11 Å². The maximum Gasteiger partial charge on any atom is 1.00 e. The Kier molecular flexibility index (Phi) is 4.41. The minimum atomic E-state index is 0. The second-order valence-corrected chi connectivity index (χ2v) is 1.88. The van der Waals surface area contributed by atoms with Crippen molar-refractivity contribution in [1.82, 2.24) is 0 Å². The van der Waals surface area contributed by atoms with Gasteiger partial charge in [-0.1, -0.05) is 6.07 Å². The summed E-state index contributed by atoms with van der Waals surface area (Å²) < 4.78 is 4.96. The van der Waals surface area contributed by atoms with Crippen molar-refractivity contribution in [2.24, 2.45) is 5.84 Å². The SMILES string of the molecule is COc1cccc(NN)c1.[Cl-].[H+]. The Labute approximate surface area is 73.4 Å². The molecule has 0 aliphatic carbocycles. The molecule has 0 saturated heterocycles. The fraction of sp³-hybridized carbons (Fsp3) is 0.143. The van der Waals surface area contributed by atoms with Crippen LogP contribution in [0.1, 0.15) is 1.43 Å². The highest BCUT2D eigenvalue weighted by molar-refractivity contribution is 5.46. The van der Waals surface area contributed by atoms with E-state index in [-0.39, 0.29) is 13.8 Å². The smallest absolute Gasteiger partial charge is 1.00 e. The molecule has 0 aromatic heterocycles. The van der Waals surface area contributed by atoms with Crippen LogP contribution in [0.15, 0.2) is 24.3 Å². The zero-order valence-corrected chi connectivity index (χ0v) is 6.93. The highest BCUT2D eigenvalue weighted by atomic mass is 35.5. The van der Waals surface area contributed by atoms with E-state index < -0.39 is 0 Å². The third kappa shape index (κ3) is 2.65. The molecule has 0 aliphatic rings. The molecule has 3 nitrogen and oxygen atoms in total. The molecule has 11 heavy (non-hydrogen) atoms. The number of nitrogens with two attached hydrogens (primary N) is 1. The molecule has 1 aromatic carbocycles. The third-order valence-electron chi connectivity index (χ3n) is 1.24. The molecule has 0 fully saturated rings. The lowest BCUT2D eigenvalue weighted by molar-refractivity contribution is -0.00000246. The Morgan fingerprint density at radius 3 is 2.82 bits per heavy atom. The molecule has 0 spiro atoms. The van der Waals surface area contributed by atoms with Gasteiger partial charge in [0, 0.05) is 6.07 Å². The topological polar surface area (TPSA) is 47.3 Å². The summed E-state index contributed by atoms with van der Waals surface area (Å²) in [7, 11) is 1.62. The Morgan fingerprint density at radius 2 is 2.27 bits per heavy atom. The highest BCUT2D eigenvalue weighted by Gasteiger charge is 1.90. The van der Waals surface area contributed by atoms with E-state index in [0.717, 1.165) is 11.4 Å². The molecule has 0 atom stereocenters. The summed E-state index contributed by atoms with van der Waals surface area (Å²) >= 11 is 0. The number of benzene rings is 1. The summed E-state index contributed by atoms with van der Waals surface area (Å²) in [4.78, 5) is 0. The van der Waals surface area contributed by atoms with E-state index in [9.17, 15) is 0 Å². The predicted octanol–water partition coefficient (Wildman–Crippen LogP) is -1.90. The van der Waals surface area contributed by atoms with Gasteiger partial charge in [-0.05, 0) is 12.1 Å². The van der Waals surface area contributed by atoms with Crippen molar-refractivity contribution >= 4 is 5.69 Å². The molecule has 0 saturated carbocycles. The van der Waals surface area contributed by atoms with E-state index in [1.165, 1.54) is 0 Å². The lowest BCUT2D eigenvalue weighted by Crippen LogP contribution is -3.00. The Balaban J connectivity index is 0. The van der Waals surface area contributed by atoms with Gasteiger partial charge >= 0.3 is 1.43 Å². The second kappa shape index (κ2) is 4.82. The molecular weight excluding hydrogens is 164 g/mol. The molecule has 0 bridgehead atoms. The van der Waals surface area contributed by atoms with Crippen LogP contribution in [0.25, 0.3) is 0 Å². The van der Waals surface area contributed by atoms with E-state index in [4.69, 9.17) is 10.6 Å². The van der Waals surface area contributed by atoms with Crippen molar-refractivity contribution in [1.29, 1.82) is 0 Å². The monoisotopic (exact) mass is 174 g/mol. The van der Waals surface area contributed by atoms with Crippen molar-refractivity contribution in [3.63, 3.8) is 0 Å². The zero-order chi connectivity index (χ0) is 7.40. The van der Waals surface area contributed by atoms with Gasteiger partial charge in [-0.2, -0.15) is 0 Å². The van der Waals surface area contributed by atoms with Crippen LogP contribution in [-0.4, -0.2) is 7.11 Å². The number of nitrogen functional groups attached to an aromatic ring is 1. The van der Waals surface area contributed by atoms with Gasteiger partial charge in [0.25, 0.3) is 0 Å². The van der Waals surface area contributed by atoms with Crippen LogP contribution in [0.2, 0.25) is 0 Å².